The number of piperazine rings is 1. The minimum Gasteiger partial charge on any atom is -0.497 e. The van der Waals surface area contributed by atoms with E-state index >= 15 is 0 Å². The molecule has 1 amide bonds. The van der Waals surface area contributed by atoms with Crippen LogP contribution in [0.25, 0.3) is 10.8 Å². The molecule has 4 rings (SSSR count). The molecule has 1 aromatic heterocycles. The maximum atomic E-state index is 12.7. The van der Waals surface area contributed by atoms with Gasteiger partial charge in [0.2, 0.25) is 0 Å². The summed E-state index contributed by atoms with van der Waals surface area (Å²) in [7, 11) is 1.69. The lowest BCUT2D eigenvalue weighted by atomic mass is 10.1. The van der Waals surface area contributed by atoms with Crippen LogP contribution in [-0.2, 0) is 0 Å². The smallest absolute Gasteiger partial charge is 0.272 e. The fraction of sp³-hybridized carbons (Fsp3) is 0.400. The first-order chi connectivity index (χ1) is 15.6. The summed E-state index contributed by atoms with van der Waals surface area (Å²) in [4.78, 5) is 17.3. The van der Waals surface area contributed by atoms with Gasteiger partial charge in [0.1, 0.15) is 5.75 Å². The molecule has 3 aromatic rings. The number of hydrogen-bond donors (Lipinski definition) is 1. The highest BCUT2D eigenvalue weighted by Crippen LogP contribution is 2.28. The molecule has 7 nitrogen and oxygen atoms in total. The molecular weight excluding hydrogens is 402 g/mol. The number of methoxy groups -OCH3 is 1. The monoisotopic (exact) mass is 433 g/mol. The van der Waals surface area contributed by atoms with Gasteiger partial charge in [-0.05, 0) is 24.5 Å². The number of carbonyl (C=O) groups excluding carboxylic acids is 1. The molecule has 1 N–H and O–H groups in total. The molecule has 2 aromatic carbocycles. The lowest BCUT2D eigenvalue weighted by Gasteiger charge is -2.37. The van der Waals surface area contributed by atoms with Crippen LogP contribution in [0.3, 0.4) is 0 Å². The Bertz CT molecular complexity index is 1080. The standard InChI is InChI=1S/C25H31N5O2/c1-18(2)11-12-26-25(31)23-21-9-4-5-10-22(21)24(28-27-23)30-15-13-29(14-16-30)19-7-6-8-20(17-19)32-3/h4-10,17-18H,11-16H2,1-3H3,(H,26,31). The first-order valence-corrected chi connectivity index (χ1v) is 11.2. The predicted octanol–water partition coefficient (Wildman–Crippen LogP) is 3.74. The van der Waals surface area contributed by atoms with Crippen molar-refractivity contribution in [2.24, 2.45) is 5.92 Å². The van der Waals surface area contributed by atoms with E-state index in [-0.39, 0.29) is 5.91 Å². The van der Waals surface area contributed by atoms with Crippen LogP contribution in [0.1, 0.15) is 30.8 Å². The second-order valence-electron chi connectivity index (χ2n) is 8.53. The third kappa shape index (κ3) is 4.77. The normalized spacial score (nSPS) is 14.1. The second-order valence-corrected chi connectivity index (χ2v) is 8.53. The molecule has 0 aliphatic carbocycles. The van der Waals surface area contributed by atoms with Gasteiger partial charge in [0.15, 0.2) is 11.5 Å². The summed E-state index contributed by atoms with van der Waals surface area (Å²) >= 11 is 0. The first-order valence-electron chi connectivity index (χ1n) is 11.2. The summed E-state index contributed by atoms with van der Waals surface area (Å²) in [6.45, 7) is 8.34. The van der Waals surface area contributed by atoms with Gasteiger partial charge in [-0.1, -0.05) is 44.2 Å². The number of anilines is 2. The van der Waals surface area contributed by atoms with Crippen LogP contribution in [0.2, 0.25) is 0 Å². The number of hydrogen-bond acceptors (Lipinski definition) is 6. The highest BCUT2D eigenvalue weighted by Gasteiger charge is 2.23. The number of rotatable bonds is 7. The topological polar surface area (TPSA) is 70.6 Å². The van der Waals surface area contributed by atoms with Crippen molar-refractivity contribution in [3.63, 3.8) is 0 Å². The molecule has 1 aliphatic heterocycles. The van der Waals surface area contributed by atoms with Crippen molar-refractivity contribution in [1.29, 1.82) is 0 Å². The molecule has 168 valence electrons. The Hall–Kier alpha value is -3.35. The summed E-state index contributed by atoms with van der Waals surface area (Å²) in [5.74, 6) is 2.08. The van der Waals surface area contributed by atoms with E-state index in [1.807, 2.05) is 36.4 Å². The van der Waals surface area contributed by atoms with E-state index in [0.29, 0.717) is 18.2 Å². The van der Waals surface area contributed by atoms with Gasteiger partial charge in [0, 0.05) is 55.2 Å². The van der Waals surface area contributed by atoms with E-state index in [1.54, 1.807) is 7.11 Å². The molecular formula is C25H31N5O2. The Labute approximate surface area is 189 Å². The summed E-state index contributed by atoms with van der Waals surface area (Å²) in [5, 5.41) is 13.6. The van der Waals surface area contributed by atoms with Crippen molar-refractivity contribution < 1.29 is 9.53 Å². The van der Waals surface area contributed by atoms with Crippen LogP contribution in [-0.4, -0.2) is 55.9 Å². The van der Waals surface area contributed by atoms with Crippen LogP contribution in [0, 0.1) is 5.92 Å². The molecule has 1 saturated heterocycles. The number of ether oxygens (including phenoxy) is 1. The molecule has 0 atom stereocenters. The second kappa shape index (κ2) is 9.85. The van der Waals surface area contributed by atoms with E-state index in [2.05, 4.69) is 51.3 Å². The molecule has 0 unspecified atom stereocenters. The van der Waals surface area contributed by atoms with Gasteiger partial charge in [0.25, 0.3) is 5.91 Å². The van der Waals surface area contributed by atoms with E-state index in [1.165, 1.54) is 0 Å². The molecule has 1 aliphatic rings. The van der Waals surface area contributed by atoms with Gasteiger partial charge in [0.05, 0.1) is 7.11 Å². The molecule has 32 heavy (non-hydrogen) atoms. The van der Waals surface area contributed by atoms with Gasteiger partial charge < -0.3 is 19.9 Å². The molecule has 0 saturated carbocycles. The number of fused-ring (bicyclic) bond motifs is 1. The van der Waals surface area contributed by atoms with Crippen molar-refractivity contribution in [2.75, 3.05) is 49.6 Å². The van der Waals surface area contributed by atoms with E-state index in [0.717, 1.165) is 60.6 Å². The van der Waals surface area contributed by atoms with Gasteiger partial charge in [-0.3, -0.25) is 4.79 Å². The summed E-state index contributed by atoms with van der Waals surface area (Å²) < 4.78 is 5.36. The SMILES string of the molecule is COc1cccc(N2CCN(c3nnc(C(=O)NCCC(C)C)c4ccccc34)CC2)c1. The fourth-order valence-electron chi connectivity index (χ4n) is 4.03. The Balaban J connectivity index is 1.51. The van der Waals surface area contributed by atoms with Gasteiger partial charge >= 0.3 is 0 Å². The third-order valence-electron chi connectivity index (χ3n) is 5.89. The minimum absolute atomic E-state index is 0.163. The van der Waals surface area contributed by atoms with E-state index in [4.69, 9.17) is 4.74 Å². The van der Waals surface area contributed by atoms with Crippen molar-refractivity contribution in [3.05, 3.63) is 54.2 Å². The van der Waals surface area contributed by atoms with Crippen molar-refractivity contribution >= 4 is 28.2 Å². The lowest BCUT2D eigenvalue weighted by Crippen LogP contribution is -2.47. The first kappa shape index (κ1) is 21.9. The molecule has 7 heteroatoms. The van der Waals surface area contributed by atoms with Crippen molar-refractivity contribution in [3.8, 4) is 5.75 Å². The molecule has 0 spiro atoms. The average Bonchev–Trinajstić information content (AvgIpc) is 2.83. The van der Waals surface area contributed by atoms with Crippen molar-refractivity contribution in [2.45, 2.75) is 20.3 Å². The summed E-state index contributed by atoms with van der Waals surface area (Å²) in [6, 6.07) is 16.1. The molecule has 1 fully saturated rings. The van der Waals surface area contributed by atoms with Crippen LogP contribution < -0.4 is 19.9 Å². The predicted molar refractivity (Wildman–Crippen MR) is 129 cm³/mol. The van der Waals surface area contributed by atoms with Crippen LogP contribution >= 0.6 is 0 Å². The zero-order valence-electron chi connectivity index (χ0n) is 19.0. The van der Waals surface area contributed by atoms with Crippen LogP contribution in [0.4, 0.5) is 11.5 Å². The minimum atomic E-state index is -0.163. The number of amides is 1. The zero-order valence-corrected chi connectivity index (χ0v) is 19.0. The largest absolute Gasteiger partial charge is 0.497 e. The third-order valence-corrected chi connectivity index (χ3v) is 5.89. The number of nitrogens with one attached hydrogen (secondary N) is 1. The Morgan fingerprint density at radius 3 is 2.44 bits per heavy atom. The van der Waals surface area contributed by atoms with Crippen molar-refractivity contribution in [1.82, 2.24) is 15.5 Å². The Morgan fingerprint density at radius 1 is 1.00 bits per heavy atom. The number of benzene rings is 2. The number of carbonyl (C=O) groups is 1. The lowest BCUT2D eigenvalue weighted by molar-refractivity contribution is 0.0948. The van der Waals surface area contributed by atoms with E-state index < -0.39 is 0 Å². The molecule has 0 radical (unpaired) electrons. The zero-order chi connectivity index (χ0) is 22.5. The highest BCUT2D eigenvalue weighted by atomic mass is 16.5. The maximum absolute atomic E-state index is 12.7. The summed E-state index contributed by atoms with van der Waals surface area (Å²) in [6.07, 6.45) is 0.937. The quantitative estimate of drug-likeness (QED) is 0.612. The van der Waals surface area contributed by atoms with Gasteiger partial charge in [-0.15, -0.1) is 10.2 Å². The van der Waals surface area contributed by atoms with E-state index in [9.17, 15) is 4.79 Å². The number of aromatic nitrogens is 2. The van der Waals surface area contributed by atoms with Crippen LogP contribution in [0.5, 0.6) is 5.75 Å². The average molecular weight is 434 g/mol. The van der Waals surface area contributed by atoms with Crippen LogP contribution in [0.15, 0.2) is 48.5 Å². The summed E-state index contributed by atoms with van der Waals surface area (Å²) in [5.41, 5.74) is 1.55. The Kier molecular flexibility index (Phi) is 6.73. The maximum Gasteiger partial charge on any atom is 0.272 e. The Morgan fingerprint density at radius 2 is 1.72 bits per heavy atom. The molecule has 2 heterocycles. The van der Waals surface area contributed by atoms with Gasteiger partial charge in [-0.25, -0.2) is 0 Å². The fourth-order valence-corrected chi connectivity index (χ4v) is 4.03. The number of nitrogens with zero attached hydrogens (tertiary/aromatic N) is 4. The highest BCUT2D eigenvalue weighted by molar-refractivity contribution is 6.07. The molecule has 0 bridgehead atoms. The van der Waals surface area contributed by atoms with Gasteiger partial charge in [-0.2, -0.15) is 0 Å².